The van der Waals surface area contributed by atoms with Crippen molar-refractivity contribution in [3.05, 3.63) is 47.0 Å². The molecule has 4 heterocycles. The van der Waals surface area contributed by atoms with Crippen LogP contribution in [0.3, 0.4) is 0 Å². The molecule has 2 aromatic heterocycles. The number of piperidine rings is 1. The van der Waals surface area contributed by atoms with E-state index in [-0.39, 0.29) is 11.5 Å². The van der Waals surface area contributed by atoms with Crippen molar-refractivity contribution in [3.8, 4) is 11.3 Å². The van der Waals surface area contributed by atoms with Crippen LogP contribution >= 0.6 is 0 Å². The molecule has 0 atom stereocenters. The van der Waals surface area contributed by atoms with Gasteiger partial charge in [-0.25, -0.2) is 4.68 Å². The van der Waals surface area contributed by atoms with E-state index >= 15 is 0 Å². The molecule has 2 aliphatic heterocycles. The molecule has 2 saturated heterocycles. The Hall–Kier alpha value is -2.10. The van der Waals surface area contributed by atoms with Gasteiger partial charge in [0.1, 0.15) is 0 Å². The van der Waals surface area contributed by atoms with Crippen LogP contribution < -0.4 is 5.56 Å². The van der Waals surface area contributed by atoms with Gasteiger partial charge in [-0.2, -0.15) is 22.1 Å². The van der Waals surface area contributed by atoms with Crippen LogP contribution in [-0.2, 0) is 16.8 Å². The average molecular weight is 432 g/mol. The SMILES string of the molecule is O=c1ccc(-c2ccncc2)nn1CC1CCN(S(=O)(=O)N2CCCCCC2)CC1. The van der Waals surface area contributed by atoms with Crippen molar-refractivity contribution in [1.29, 1.82) is 0 Å². The van der Waals surface area contributed by atoms with Gasteiger partial charge < -0.3 is 0 Å². The Labute approximate surface area is 177 Å². The Morgan fingerprint density at radius 2 is 1.50 bits per heavy atom. The highest BCUT2D eigenvalue weighted by atomic mass is 32.2. The molecule has 2 aliphatic rings. The summed E-state index contributed by atoms with van der Waals surface area (Å²) in [5.41, 5.74) is 1.52. The number of nitrogens with zero attached hydrogens (tertiary/aromatic N) is 5. The Morgan fingerprint density at radius 3 is 2.17 bits per heavy atom. The van der Waals surface area contributed by atoms with Gasteiger partial charge in [0, 0.05) is 56.7 Å². The van der Waals surface area contributed by atoms with E-state index in [1.54, 1.807) is 33.1 Å². The third-order valence-corrected chi connectivity index (χ3v) is 8.10. The minimum Gasteiger partial charge on any atom is -0.268 e. The molecule has 0 spiro atoms. The van der Waals surface area contributed by atoms with Crippen LogP contribution in [0.5, 0.6) is 0 Å². The molecule has 0 aliphatic carbocycles. The molecule has 2 aromatic rings. The molecule has 0 unspecified atom stereocenters. The maximum Gasteiger partial charge on any atom is 0.281 e. The molecule has 0 saturated carbocycles. The Bertz CT molecular complexity index is 993. The van der Waals surface area contributed by atoms with Gasteiger partial charge in [0.2, 0.25) is 0 Å². The first-order valence-corrected chi connectivity index (χ1v) is 12.2. The van der Waals surface area contributed by atoms with Crippen LogP contribution in [0.1, 0.15) is 38.5 Å². The monoisotopic (exact) mass is 431 g/mol. The predicted molar refractivity (Wildman–Crippen MR) is 115 cm³/mol. The standard InChI is InChI=1S/C21H29N5O3S/c27-21-6-5-20(19-7-11-22-12-8-19)23-26(21)17-18-9-15-25(16-10-18)30(28,29)24-13-3-1-2-4-14-24/h5-8,11-12,18H,1-4,9-10,13-17H2. The summed E-state index contributed by atoms with van der Waals surface area (Å²) >= 11 is 0. The maximum atomic E-state index is 13.0. The Balaban J connectivity index is 1.40. The third kappa shape index (κ3) is 4.79. The summed E-state index contributed by atoms with van der Waals surface area (Å²) in [6.45, 7) is 2.77. The topological polar surface area (TPSA) is 88.4 Å². The fraction of sp³-hybridized carbons (Fsp3) is 0.571. The lowest BCUT2D eigenvalue weighted by atomic mass is 9.98. The number of hydrogen-bond acceptors (Lipinski definition) is 5. The van der Waals surface area contributed by atoms with Gasteiger partial charge in [-0.3, -0.25) is 9.78 Å². The number of hydrogen-bond donors (Lipinski definition) is 0. The van der Waals surface area contributed by atoms with Crippen LogP contribution in [0, 0.1) is 5.92 Å². The Kier molecular flexibility index (Phi) is 6.60. The molecule has 0 radical (unpaired) electrons. The van der Waals surface area contributed by atoms with E-state index < -0.39 is 10.2 Å². The summed E-state index contributed by atoms with van der Waals surface area (Å²) in [6, 6.07) is 7.00. The van der Waals surface area contributed by atoms with Gasteiger partial charge in [-0.05, 0) is 49.8 Å². The van der Waals surface area contributed by atoms with Crippen LogP contribution in [0.4, 0.5) is 0 Å². The lowest BCUT2D eigenvalue weighted by Gasteiger charge is -2.34. The quantitative estimate of drug-likeness (QED) is 0.724. The van der Waals surface area contributed by atoms with Crippen molar-refractivity contribution in [2.75, 3.05) is 26.2 Å². The third-order valence-electron chi connectivity index (χ3n) is 6.06. The Morgan fingerprint density at radius 1 is 0.867 bits per heavy atom. The second-order valence-corrected chi connectivity index (χ2v) is 10.1. The molecule has 0 N–H and O–H groups in total. The van der Waals surface area contributed by atoms with Crippen molar-refractivity contribution in [2.45, 2.75) is 45.1 Å². The predicted octanol–water partition coefficient (Wildman–Crippen LogP) is 2.14. The molecule has 4 rings (SSSR count). The van der Waals surface area contributed by atoms with Gasteiger partial charge in [0.25, 0.3) is 15.8 Å². The molecule has 8 nitrogen and oxygen atoms in total. The molecule has 0 aromatic carbocycles. The zero-order valence-corrected chi connectivity index (χ0v) is 18.0. The molecule has 2 fully saturated rings. The zero-order valence-electron chi connectivity index (χ0n) is 17.2. The lowest BCUT2D eigenvalue weighted by molar-refractivity contribution is 0.231. The highest BCUT2D eigenvalue weighted by Crippen LogP contribution is 2.24. The van der Waals surface area contributed by atoms with Crippen molar-refractivity contribution in [1.82, 2.24) is 23.4 Å². The smallest absolute Gasteiger partial charge is 0.268 e. The summed E-state index contributed by atoms with van der Waals surface area (Å²) in [5.74, 6) is 0.235. The molecule has 162 valence electrons. The van der Waals surface area contributed by atoms with E-state index in [1.807, 2.05) is 12.1 Å². The first-order chi connectivity index (χ1) is 14.5. The van der Waals surface area contributed by atoms with E-state index in [2.05, 4.69) is 10.1 Å². The van der Waals surface area contributed by atoms with E-state index in [9.17, 15) is 13.2 Å². The molecule has 0 amide bonds. The van der Waals surface area contributed by atoms with Gasteiger partial charge in [0.05, 0.1) is 5.69 Å². The van der Waals surface area contributed by atoms with E-state index in [0.717, 1.165) is 49.8 Å². The number of aromatic nitrogens is 3. The van der Waals surface area contributed by atoms with E-state index in [4.69, 9.17) is 0 Å². The van der Waals surface area contributed by atoms with Gasteiger partial charge in [-0.15, -0.1) is 0 Å². The highest BCUT2D eigenvalue weighted by molar-refractivity contribution is 7.86. The molecule has 9 heteroatoms. The van der Waals surface area contributed by atoms with Crippen molar-refractivity contribution >= 4 is 10.2 Å². The molecule has 0 bridgehead atoms. The summed E-state index contributed by atoms with van der Waals surface area (Å²) in [6.07, 6.45) is 8.97. The van der Waals surface area contributed by atoms with Crippen LogP contribution in [0.25, 0.3) is 11.3 Å². The van der Waals surface area contributed by atoms with Crippen molar-refractivity contribution in [2.24, 2.45) is 5.92 Å². The van der Waals surface area contributed by atoms with E-state index in [1.165, 1.54) is 4.68 Å². The summed E-state index contributed by atoms with van der Waals surface area (Å²) in [5, 5.41) is 4.52. The second kappa shape index (κ2) is 9.36. The molecular weight excluding hydrogens is 402 g/mol. The molecular formula is C21H29N5O3S. The average Bonchev–Trinajstić information content (AvgIpc) is 3.07. The fourth-order valence-electron chi connectivity index (χ4n) is 4.26. The number of rotatable bonds is 5. The first kappa shape index (κ1) is 21.1. The van der Waals surface area contributed by atoms with Crippen LogP contribution in [-0.4, -0.2) is 58.0 Å². The summed E-state index contributed by atoms with van der Waals surface area (Å²) in [7, 11) is -3.38. The van der Waals surface area contributed by atoms with Gasteiger partial charge in [0.15, 0.2) is 0 Å². The normalized spacial score (nSPS) is 20.1. The number of pyridine rings is 1. The minimum atomic E-state index is -3.38. The largest absolute Gasteiger partial charge is 0.281 e. The van der Waals surface area contributed by atoms with Crippen molar-refractivity contribution in [3.63, 3.8) is 0 Å². The fourth-order valence-corrected chi connectivity index (χ4v) is 5.98. The highest BCUT2D eigenvalue weighted by Gasteiger charge is 2.33. The van der Waals surface area contributed by atoms with Crippen LogP contribution in [0.2, 0.25) is 0 Å². The van der Waals surface area contributed by atoms with E-state index in [0.29, 0.717) is 32.7 Å². The lowest BCUT2D eigenvalue weighted by Crippen LogP contribution is -2.48. The van der Waals surface area contributed by atoms with Gasteiger partial charge in [-0.1, -0.05) is 12.8 Å². The zero-order chi connectivity index (χ0) is 21.0. The first-order valence-electron chi connectivity index (χ1n) is 10.8. The second-order valence-electron chi connectivity index (χ2n) is 8.14. The summed E-state index contributed by atoms with van der Waals surface area (Å²) < 4.78 is 30.8. The van der Waals surface area contributed by atoms with Gasteiger partial charge >= 0.3 is 0 Å². The summed E-state index contributed by atoms with van der Waals surface area (Å²) in [4.78, 5) is 16.3. The molecule has 30 heavy (non-hydrogen) atoms. The minimum absolute atomic E-state index is 0.132. The van der Waals surface area contributed by atoms with Crippen LogP contribution in [0.15, 0.2) is 41.5 Å². The van der Waals surface area contributed by atoms with Crippen molar-refractivity contribution < 1.29 is 8.42 Å². The maximum absolute atomic E-state index is 13.0.